The summed E-state index contributed by atoms with van der Waals surface area (Å²) in [5.74, 6) is 0.709. The average Bonchev–Trinajstić information content (AvgIpc) is 2.56. The van der Waals surface area contributed by atoms with Crippen LogP contribution in [-0.4, -0.2) is 63.6 Å². The lowest BCUT2D eigenvalue weighted by atomic mass is 10.2. The summed E-state index contributed by atoms with van der Waals surface area (Å²) in [6.45, 7) is 3.36. The first-order valence-electron chi connectivity index (χ1n) is 7.30. The first-order valence-corrected chi connectivity index (χ1v) is 7.68. The van der Waals surface area contributed by atoms with Gasteiger partial charge in [0.2, 0.25) is 5.91 Å². The summed E-state index contributed by atoms with van der Waals surface area (Å²) < 4.78 is 0. The van der Waals surface area contributed by atoms with Crippen molar-refractivity contribution >= 4 is 29.2 Å². The number of halogens is 1. The summed E-state index contributed by atoms with van der Waals surface area (Å²) in [5.41, 5.74) is 1.14. The number of benzene rings is 1. The largest absolute Gasteiger partial charge is 0.368 e. The third kappa shape index (κ3) is 4.27. The fraction of sp³-hybridized carbons (Fsp3) is 0.467. The summed E-state index contributed by atoms with van der Waals surface area (Å²) in [4.78, 5) is 20.3. The molecule has 2 rings (SSSR count). The summed E-state index contributed by atoms with van der Waals surface area (Å²) in [5, 5.41) is 6.61. The van der Waals surface area contributed by atoms with Crippen LogP contribution < -0.4 is 15.5 Å². The van der Waals surface area contributed by atoms with Gasteiger partial charge in [-0.3, -0.25) is 9.79 Å². The minimum atomic E-state index is 0.0900. The number of nitrogens with zero attached hydrogens (tertiary/aromatic N) is 3. The quantitative estimate of drug-likeness (QED) is 0.637. The molecule has 1 aliphatic heterocycles. The summed E-state index contributed by atoms with van der Waals surface area (Å²) in [7, 11) is 3.44. The van der Waals surface area contributed by atoms with Gasteiger partial charge in [0.15, 0.2) is 5.96 Å². The van der Waals surface area contributed by atoms with Crippen molar-refractivity contribution < 1.29 is 4.79 Å². The lowest BCUT2D eigenvalue weighted by Gasteiger charge is -2.36. The highest BCUT2D eigenvalue weighted by Gasteiger charge is 2.21. The summed E-state index contributed by atoms with van der Waals surface area (Å²) in [6.07, 6.45) is 0. The molecule has 1 heterocycles. The van der Waals surface area contributed by atoms with Crippen LogP contribution >= 0.6 is 11.6 Å². The van der Waals surface area contributed by atoms with Crippen LogP contribution in [0.5, 0.6) is 0 Å². The van der Waals surface area contributed by atoms with Crippen molar-refractivity contribution in [3.8, 4) is 0 Å². The average molecular weight is 324 g/mol. The summed E-state index contributed by atoms with van der Waals surface area (Å²) >= 11 is 5.91. The van der Waals surface area contributed by atoms with Crippen LogP contribution in [0.15, 0.2) is 29.3 Å². The van der Waals surface area contributed by atoms with Gasteiger partial charge < -0.3 is 20.4 Å². The van der Waals surface area contributed by atoms with Crippen molar-refractivity contribution in [3.05, 3.63) is 29.3 Å². The van der Waals surface area contributed by atoms with Crippen LogP contribution in [0.25, 0.3) is 0 Å². The van der Waals surface area contributed by atoms with Crippen LogP contribution in [-0.2, 0) is 4.79 Å². The fourth-order valence-electron chi connectivity index (χ4n) is 2.42. The molecular weight excluding hydrogens is 302 g/mol. The molecule has 22 heavy (non-hydrogen) atoms. The Hall–Kier alpha value is -1.95. The van der Waals surface area contributed by atoms with E-state index >= 15 is 0 Å². The number of piperazine rings is 1. The number of hydrogen-bond acceptors (Lipinski definition) is 3. The van der Waals surface area contributed by atoms with E-state index in [0.29, 0.717) is 5.96 Å². The molecule has 0 spiro atoms. The Morgan fingerprint density at radius 3 is 2.41 bits per heavy atom. The molecule has 1 aromatic rings. The topological polar surface area (TPSA) is 60.0 Å². The van der Waals surface area contributed by atoms with Gasteiger partial charge in [-0.15, -0.1) is 0 Å². The minimum absolute atomic E-state index is 0.0900. The highest BCUT2D eigenvalue weighted by atomic mass is 35.5. The van der Waals surface area contributed by atoms with Crippen molar-refractivity contribution in [3.63, 3.8) is 0 Å². The Morgan fingerprint density at radius 1 is 1.23 bits per heavy atom. The van der Waals surface area contributed by atoms with Crippen molar-refractivity contribution in [2.45, 2.75) is 0 Å². The minimum Gasteiger partial charge on any atom is -0.368 e. The molecular formula is C15H22ClN5O. The van der Waals surface area contributed by atoms with Crippen LogP contribution in [0.4, 0.5) is 5.69 Å². The normalized spacial score (nSPS) is 15.7. The van der Waals surface area contributed by atoms with E-state index in [2.05, 4.69) is 20.5 Å². The van der Waals surface area contributed by atoms with Crippen molar-refractivity contribution in [2.24, 2.45) is 4.99 Å². The predicted molar refractivity (Wildman–Crippen MR) is 90.7 cm³/mol. The second kappa shape index (κ2) is 7.89. The number of carbonyl (C=O) groups excluding carboxylic acids is 1. The van der Waals surface area contributed by atoms with Crippen LogP contribution in [0.1, 0.15) is 0 Å². The van der Waals surface area contributed by atoms with Crippen molar-refractivity contribution in [2.75, 3.05) is 51.7 Å². The molecule has 0 unspecified atom stereocenters. The van der Waals surface area contributed by atoms with E-state index in [9.17, 15) is 4.79 Å². The number of hydrogen-bond donors (Lipinski definition) is 2. The first-order chi connectivity index (χ1) is 10.6. The third-order valence-electron chi connectivity index (χ3n) is 3.69. The number of carbonyl (C=O) groups is 1. The van der Waals surface area contributed by atoms with Gasteiger partial charge >= 0.3 is 0 Å². The van der Waals surface area contributed by atoms with Crippen LogP contribution in [0.3, 0.4) is 0 Å². The smallest absolute Gasteiger partial charge is 0.242 e. The van der Waals surface area contributed by atoms with Gasteiger partial charge in [0.1, 0.15) is 0 Å². The van der Waals surface area contributed by atoms with Gasteiger partial charge in [0.25, 0.3) is 0 Å². The molecule has 6 nitrogen and oxygen atoms in total. The number of guanidine groups is 1. The molecule has 1 amide bonds. The fourth-order valence-corrected chi connectivity index (χ4v) is 2.54. The van der Waals surface area contributed by atoms with E-state index in [1.54, 1.807) is 14.1 Å². The molecule has 0 saturated carbocycles. The van der Waals surface area contributed by atoms with Gasteiger partial charge in [0.05, 0.1) is 6.54 Å². The standard InChI is InChI=1S/C15H22ClN5O/c1-17-15(18-2)19-11-14(22)21-9-7-20(8-10-21)13-5-3-12(16)4-6-13/h3-6H,7-11H2,1-2H3,(H2,17,18,19). The molecule has 0 aromatic heterocycles. The predicted octanol–water partition coefficient (Wildman–Crippen LogP) is 0.783. The Labute approximate surface area is 136 Å². The molecule has 120 valence electrons. The molecule has 1 fully saturated rings. The first kappa shape index (κ1) is 16.4. The van der Waals surface area contributed by atoms with Gasteiger partial charge in [-0.2, -0.15) is 0 Å². The molecule has 0 atom stereocenters. The molecule has 0 bridgehead atoms. The van der Waals surface area contributed by atoms with Gasteiger partial charge in [-0.1, -0.05) is 11.6 Å². The van der Waals surface area contributed by atoms with Gasteiger partial charge in [-0.25, -0.2) is 0 Å². The highest BCUT2D eigenvalue weighted by molar-refractivity contribution is 6.30. The number of rotatable bonds is 3. The number of amides is 1. The van der Waals surface area contributed by atoms with E-state index < -0.39 is 0 Å². The second-order valence-corrected chi connectivity index (χ2v) is 5.46. The lowest BCUT2D eigenvalue weighted by molar-refractivity contribution is -0.130. The molecule has 2 N–H and O–H groups in total. The Balaban J connectivity index is 1.81. The maximum atomic E-state index is 12.2. The molecule has 1 aromatic carbocycles. The highest BCUT2D eigenvalue weighted by Crippen LogP contribution is 2.19. The SMILES string of the molecule is CN=C(NC)NCC(=O)N1CCN(c2ccc(Cl)cc2)CC1. The van der Waals surface area contributed by atoms with Crippen molar-refractivity contribution in [1.29, 1.82) is 0 Å². The number of nitrogens with one attached hydrogen (secondary N) is 2. The Morgan fingerprint density at radius 2 is 1.86 bits per heavy atom. The molecule has 1 saturated heterocycles. The molecule has 1 aliphatic rings. The monoisotopic (exact) mass is 323 g/mol. The number of aliphatic imine (C=N–C) groups is 1. The van der Waals surface area contributed by atoms with E-state index in [1.165, 1.54) is 0 Å². The molecule has 7 heteroatoms. The second-order valence-electron chi connectivity index (χ2n) is 5.02. The van der Waals surface area contributed by atoms with Gasteiger partial charge in [-0.05, 0) is 24.3 Å². The number of anilines is 1. The van der Waals surface area contributed by atoms with Crippen LogP contribution in [0.2, 0.25) is 5.02 Å². The van der Waals surface area contributed by atoms with Gasteiger partial charge in [0, 0.05) is 51.0 Å². The third-order valence-corrected chi connectivity index (χ3v) is 3.94. The van der Waals surface area contributed by atoms with E-state index in [1.807, 2.05) is 29.2 Å². The van der Waals surface area contributed by atoms with E-state index in [4.69, 9.17) is 11.6 Å². The molecule has 0 aliphatic carbocycles. The van der Waals surface area contributed by atoms with E-state index in [-0.39, 0.29) is 12.5 Å². The maximum absolute atomic E-state index is 12.2. The maximum Gasteiger partial charge on any atom is 0.242 e. The Kier molecular flexibility index (Phi) is 5.89. The van der Waals surface area contributed by atoms with E-state index in [0.717, 1.165) is 36.9 Å². The zero-order valence-electron chi connectivity index (χ0n) is 13.0. The van der Waals surface area contributed by atoms with Crippen LogP contribution in [0, 0.1) is 0 Å². The summed E-state index contributed by atoms with van der Waals surface area (Å²) in [6, 6.07) is 7.81. The zero-order valence-corrected chi connectivity index (χ0v) is 13.7. The molecule has 0 radical (unpaired) electrons. The van der Waals surface area contributed by atoms with Crippen molar-refractivity contribution in [1.82, 2.24) is 15.5 Å². The lowest BCUT2D eigenvalue weighted by Crippen LogP contribution is -2.52. The zero-order chi connectivity index (χ0) is 15.9. The Bertz CT molecular complexity index is 523.